The summed E-state index contributed by atoms with van der Waals surface area (Å²) in [6.45, 7) is 0. The average Bonchev–Trinajstić information content (AvgIpc) is 2.55. The molecule has 0 saturated heterocycles. The Balaban J connectivity index is 1.99. The maximum Gasteiger partial charge on any atom is 0.149 e. The van der Waals surface area contributed by atoms with Crippen molar-refractivity contribution in [3.63, 3.8) is 0 Å². The molecular formula is C16H11ClN4O. The van der Waals surface area contributed by atoms with Crippen LogP contribution in [0.1, 0.15) is 5.56 Å². The Morgan fingerprint density at radius 3 is 2.82 bits per heavy atom. The molecule has 0 aliphatic heterocycles. The Morgan fingerprint density at radius 2 is 2.05 bits per heavy atom. The number of nitrogens with zero attached hydrogens (tertiary/aromatic N) is 3. The molecule has 108 valence electrons. The Hall–Kier alpha value is -2.84. The predicted molar refractivity (Wildman–Crippen MR) is 85.5 cm³/mol. The van der Waals surface area contributed by atoms with Crippen LogP contribution in [0.15, 0.2) is 42.6 Å². The van der Waals surface area contributed by atoms with Crippen molar-refractivity contribution < 1.29 is 4.74 Å². The number of benzene rings is 2. The van der Waals surface area contributed by atoms with Gasteiger partial charge >= 0.3 is 0 Å². The molecule has 1 heterocycles. The molecule has 0 unspecified atom stereocenters. The van der Waals surface area contributed by atoms with E-state index in [0.717, 1.165) is 5.52 Å². The quantitative estimate of drug-likeness (QED) is 0.794. The number of nitriles is 1. The van der Waals surface area contributed by atoms with Crippen LogP contribution in [0.5, 0.6) is 5.75 Å². The highest BCUT2D eigenvalue weighted by atomic mass is 35.5. The summed E-state index contributed by atoms with van der Waals surface area (Å²) in [6.07, 6.45) is 1.62. The molecule has 0 amide bonds. The van der Waals surface area contributed by atoms with Gasteiger partial charge in [0, 0.05) is 11.1 Å². The number of anilines is 2. The highest BCUT2D eigenvalue weighted by Gasteiger charge is 2.06. The zero-order valence-corrected chi connectivity index (χ0v) is 12.4. The van der Waals surface area contributed by atoms with Crippen LogP contribution in [-0.4, -0.2) is 17.1 Å². The number of hydrogen-bond acceptors (Lipinski definition) is 5. The molecule has 0 aliphatic rings. The molecule has 1 N–H and O–H groups in total. The number of methoxy groups -OCH3 is 1. The lowest BCUT2D eigenvalue weighted by molar-refractivity contribution is 0.415. The number of hydrogen-bond donors (Lipinski definition) is 1. The lowest BCUT2D eigenvalue weighted by Crippen LogP contribution is -1.98. The summed E-state index contributed by atoms with van der Waals surface area (Å²) in [5, 5.41) is 12.8. The van der Waals surface area contributed by atoms with Crippen molar-refractivity contribution in [3.8, 4) is 11.8 Å². The van der Waals surface area contributed by atoms with E-state index < -0.39 is 0 Å². The third-order valence-electron chi connectivity index (χ3n) is 3.11. The lowest BCUT2D eigenvalue weighted by atomic mass is 10.2. The molecule has 0 bridgehead atoms. The van der Waals surface area contributed by atoms with Crippen molar-refractivity contribution >= 4 is 34.1 Å². The van der Waals surface area contributed by atoms with Gasteiger partial charge < -0.3 is 10.1 Å². The Bertz CT molecular complexity index is 889. The van der Waals surface area contributed by atoms with Crippen molar-refractivity contribution in [1.29, 1.82) is 5.26 Å². The standard InChI is InChI=1S/C16H11ClN4O/c1-22-12-3-5-14-15(7-12)21-16(9-19-14)20-13-4-2-11(17)6-10(13)8-18/h2-7,9H,1H3,(H,20,21). The molecular weight excluding hydrogens is 300 g/mol. The molecule has 3 aromatic rings. The Kier molecular flexibility index (Phi) is 3.77. The van der Waals surface area contributed by atoms with E-state index in [1.165, 1.54) is 0 Å². The first kappa shape index (κ1) is 14.1. The van der Waals surface area contributed by atoms with Gasteiger partial charge in [0.05, 0.1) is 35.6 Å². The van der Waals surface area contributed by atoms with Crippen LogP contribution < -0.4 is 10.1 Å². The van der Waals surface area contributed by atoms with Crippen LogP contribution in [0, 0.1) is 11.3 Å². The number of rotatable bonds is 3. The largest absolute Gasteiger partial charge is 0.497 e. The smallest absolute Gasteiger partial charge is 0.149 e. The van der Waals surface area contributed by atoms with Gasteiger partial charge in [-0.1, -0.05) is 11.6 Å². The second-order valence-corrected chi connectivity index (χ2v) is 4.97. The van der Waals surface area contributed by atoms with E-state index in [-0.39, 0.29) is 0 Å². The average molecular weight is 311 g/mol. The number of nitrogens with one attached hydrogen (secondary N) is 1. The molecule has 0 fully saturated rings. The highest BCUT2D eigenvalue weighted by Crippen LogP contribution is 2.24. The molecule has 0 radical (unpaired) electrons. The van der Waals surface area contributed by atoms with Gasteiger partial charge in [0.1, 0.15) is 17.6 Å². The Labute approximate surface area is 132 Å². The number of aromatic nitrogens is 2. The first-order valence-electron chi connectivity index (χ1n) is 6.47. The van der Waals surface area contributed by atoms with Crippen molar-refractivity contribution in [2.24, 2.45) is 0 Å². The number of fused-ring (bicyclic) bond motifs is 1. The van der Waals surface area contributed by atoms with Gasteiger partial charge in [0.25, 0.3) is 0 Å². The van der Waals surface area contributed by atoms with Crippen LogP contribution >= 0.6 is 11.6 Å². The van der Waals surface area contributed by atoms with E-state index in [1.807, 2.05) is 12.1 Å². The summed E-state index contributed by atoms with van der Waals surface area (Å²) in [5.41, 5.74) is 2.54. The van der Waals surface area contributed by atoms with Crippen LogP contribution in [0.3, 0.4) is 0 Å². The van der Waals surface area contributed by atoms with Crippen LogP contribution in [-0.2, 0) is 0 Å². The predicted octanol–water partition coefficient (Wildman–Crippen LogP) is 3.91. The van der Waals surface area contributed by atoms with Crippen LogP contribution in [0.25, 0.3) is 11.0 Å². The Morgan fingerprint density at radius 1 is 1.18 bits per heavy atom. The topological polar surface area (TPSA) is 70.8 Å². The highest BCUT2D eigenvalue weighted by molar-refractivity contribution is 6.30. The van der Waals surface area contributed by atoms with Gasteiger partial charge in [-0.2, -0.15) is 5.26 Å². The van der Waals surface area contributed by atoms with E-state index in [0.29, 0.717) is 33.4 Å². The summed E-state index contributed by atoms with van der Waals surface area (Å²) in [4.78, 5) is 8.82. The minimum Gasteiger partial charge on any atom is -0.497 e. The fourth-order valence-corrected chi connectivity index (χ4v) is 2.21. The number of ether oxygens (including phenoxy) is 1. The van der Waals surface area contributed by atoms with Crippen molar-refractivity contribution in [3.05, 3.63) is 53.2 Å². The van der Waals surface area contributed by atoms with Gasteiger partial charge in [-0.15, -0.1) is 0 Å². The summed E-state index contributed by atoms with van der Waals surface area (Å²) < 4.78 is 5.18. The third-order valence-corrected chi connectivity index (χ3v) is 3.35. The molecule has 0 spiro atoms. The normalized spacial score (nSPS) is 10.2. The van der Waals surface area contributed by atoms with E-state index >= 15 is 0 Å². The molecule has 1 aromatic heterocycles. The first-order chi connectivity index (χ1) is 10.7. The lowest BCUT2D eigenvalue weighted by Gasteiger charge is -2.08. The minimum absolute atomic E-state index is 0.444. The van der Waals surface area contributed by atoms with E-state index in [4.69, 9.17) is 21.6 Å². The third kappa shape index (κ3) is 2.78. The van der Waals surface area contributed by atoms with Gasteiger partial charge in [-0.3, -0.25) is 4.98 Å². The van der Waals surface area contributed by atoms with Crippen molar-refractivity contribution in [1.82, 2.24) is 9.97 Å². The second-order valence-electron chi connectivity index (χ2n) is 4.54. The minimum atomic E-state index is 0.444. The fraction of sp³-hybridized carbons (Fsp3) is 0.0625. The zero-order chi connectivity index (χ0) is 15.5. The maximum absolute atomic E-state index is 9.16. The summed E-state index contributed by atoms with van der Waals surface area (Å²) in [7, 11) is 1.60. The maximum atomic E-state index is 9.16. The van der Waals surface area contributed by atoms with Crippen molar-refractivity contribution in [2.45, 2.75) is 0 Å². The fourth-order valence-electron chi connectivity index (χ4n) is 2.03. The molecule has 6 heteroatoms. The molecule has 3 rings (SSSR count). The summed E-state index contributed by atoms with van der Waals surface area (Å²) >= 11 is 5.89. The summed E-state index contributed by atoms with van der Waals surface area (Å²) in [6, 6.07) is 12.6. The van der Waals surface area contributed by atoms with Crippen LogP contribution in [0.4, 0.5) is 11.5 Å². The molecule has 0 aliphatic carbocycles. The second kappa shape index (κ2) is 5.88. The SMILES string of the molecule is COc1ccc2ncc(Nc3ccc(Cl)cc3C#N)nc2c1. The monoisotopic (exact) mass is 310 g/mol. The number of halogens is 1. The van der Waals surface area contributed by atoms with Gasteiger partial charge in [0.2, 0.25) is 0 Å². The van der Waals surface area contributed by atoms with Gasteiger partial charge in [-0.25, -0.2) is 4.98 Å². The van der Waals surface area contributed by atoms with Crippen LogP contribution in [0.2, 0.25) is 5.02 Å². The van der Waals surface area contributed by atoms with Gasteiger partial charge in [0.15, 0.2) is 0 Å². The van der Waals surface area contributed by atoms with E-state index in [1.54, 1.807) is 37.6 Å². The molecule has 5 nitrogen and oxygen atoms in total. The van der Waals surface area contributed by atoms with E-state index in [9.17, 15) is 0 Å². The molecule has 0 atom stereocenters. The zero-order valence-electron chi connectivity index (χ0n) is 11.7. The van der Waals surface area contributed by atoms with E-state index in [2.05, 4.69) is 21.4 Å². The summed E-state index contributed by atoms with van der Waals surface area (Å²) in [5.74, 6) is 1.25. The first-order valence-corrected chi connectivity index (χ1v) is 6.85. The van der Waals surface area contributed by atoms with Gasteiger partial charge in [-0.05, 0) is 30.3 Å². The molecule has 0 saturated carbocycles. The molecule has 2 aromatic carbocycles. The molecule has 22 heavy (non-hydrogen) atoms. The van der Waals surface area contributed by atoms with Crippen molar-refractivity contribution in [2.75, 3.05) is 12.4 Å².